The molecule has 0 aliphatic heterocycles. The molecule has 0 radical (unpaired) electrons. The molecule has 0 unspecified atom stereocenters. The largest absolute Gasteiger partial charge is 0.481 e. The number of aryl methyl sites for hydroxylation is 2. The van der Waals surface area contributed by atoms with Gasteiger partial charge in [-0.3, -0.25) is 4.79 Å². The normalized spacial score (nSPS) is 22.8. The van der Waals surface area contributed by atoms with E-state index in [1.807, 2.05) is 0 Å². The molecule has 0 aromatic heterocycles. The highest BCUT2D eigenvalue weighted by Crippen LogP contribution is 2.47. The van der Waals surface area contributed by atoms with Gasteiger partial charge in [0.25, 0.3) is 0 Å². The molecular weight excluding hydrogens is 260 g/mol. The molecule has 21 heavy (non-hydrogen) atoms. The third-order valence-electron chi connectivity index (χ3n) is 5.72. The van der Waals surface area contributed by atoms with E-state index in [1.54, 1.807) is 0 Å². The molecule has 0 heterocycles. The van der Waals surface area contributed by atoms with Crippen LogP contribution in [0.25, 0.3) is 0 Å². The minimum absolute atomic E-state index is 0.302. The minimum Gasteiger partial charge on any atom is -0.481 e. The second kappa shape index (κ2) is 5.15. The van der Waals surface area contributed by atoms with Crippen LogP contribution in [0.5, 0.6) is 0 Å². The molecule has 1 saturated carbocycles. The fraction of sp³-hybridized carbons (Fsp3) is 0.632. The van der Waals surface area contributed by atoms with Gasteiger partial charge in [0, 0.05) is 0 Å². The first-order valence-electron chi connectivity index (χ1n) is 8.24. The summed E-state index contributed by atoms with van der Waals surface area (Å²) in [6.45, 7) is 4.52. The Labute approximate surface area is 127 Å². The molecule has 1 aromatic carbocycles. The number of carboxylic acids is 1. The monoisotopic (exact) mass is 286 g/mol. The van der Waals surface area contributed by atoms with Crippen molar-refractivity contribution in [3.8, 4) is 0 Å². The Morgan fingerprint density at radius 3 is 2.43 bits per heavy atom. The van der Waals surface area contributed by atoms with Crippen LogP contribution in [0.3, 0.4) is 0 Å². The van der Waals surface area contributed by atoms with Gasteiger partial charge in [-0.2, -0.15) is 0 Å². The van der Waals surface area contributed by atoms with Crippen molar-refractivity contribution in [3.63, 3.8) is 0 Å². The Morgan fingerprint density at radius 2 is 1.76 bits per heavy atom. The van der Waals surface area contributed by atoms with Gasteiger partial charge >= 0.3 is 5.97 Å². The molecular formula is C19H26O2. The zero-order chi connectivity index (χ0) is 15.1. The van der Waals surface area contributed by atoms with Crippen LogP contribution in [-0.4, -0.2) is 11.1 Å². The van der Waals surface area contributed by atoms with Crippen molar-refractivity contribution < 1.29 is 9.90 Å². The topological polar surface area (TPSA) is 37.3 Å². The lowest BCUT2D eigenvalue weighted by Crippen LogP contribution is -2.39. The predicted octanol–water partition coefficient (Wildman–Crippen LogP) is 4.39. The molecule has 2 heteroatoms. The van der Waals surface area contributed by atoms with Crippen LogP contribution in [-0.2, 0) is 24.1 Å². The Kier molecular flexibility index (Phi) is 3.59. The number of carboxylic acid groups (broad SMARTS) is 1. The Bertz CT molecular complexity index is 547. The summed E-state index contributed by atoms with van der Waals surface area (Å²) in [7, 11) is 0. The van der Waals surface area contributed by atoms with Crippen molar-refractivity contribution >= 4 is 5.97 Å². The molecule has 114 valence electrons. The number of carbonyl (C=O) groups is 1. The highest BCUT2D eigenvalue weighted by molar-refractivity contribution is 5.75. The van der Waals surface area contributed by atoms with Gasteiger partial charge in [-0.15, -0.1) is 0 Å². The van der Waals surface area contributed by atoms with Gasteiger partial charge in [0.2, 0.25) is 0 Å². The second-order valence-electron chi connectivity index (χ2n) is 7.88. The third-order valence-corrected chi connectivity index (χ3v) is 5.72. The van der Waals surface area contributed by atoms with E-state index in [-0.39, 0.29) is 0 Å². The van der Waals surface area contributed by atoms with Gasteiger partial charge in [0.15, 0.2) is 0 Å². The number of aliphatic carboxylic acids is 1. The van der Waals surface area contributed by atoms with E-state index in [0.717, 1.165) is 32.1 Å². The predicted molar refractivity (Wildman–Crippen MR) is 84.5 cm³/mol. The van der Waals surface area contributed by atoms with Crippen LogP contribution in [0.15, 0.2) is 18.2 Å². The summed E-state index contributed by atoms with van der Waals surface area (Å²) in [4.78, 5) is 11.9. The molecule has 0 atom stereocenters. The molecule has 2 aliphatic carbocycles. The van der Waals surface area contributed by atoms with E-state index in [0.29, 0.717) is 11.8 Å². The van der Waals surface area contributed by atoms with Crippen LogP contribution in [0.4, 0.5) is 0 Å². The minimum atomic E-state index is -0.599. The SMILES string of the molecule is CC1(C)CCC(Cc2ccc3c(c2)CCC3)(C(=O)O)CC1. The summed E-state index contributed by atoms with van der Waals surface area (Å²) in [5, 5.41) is 9.81. The Morgan fingerprint density at radius 1 is 1.10 bits per heavy atom. The molecule has 0 saturated heterocycles. The molecule has 2 aliphatic rings. The van der Waals surface area contributed by atoms with Gasteiger partial charge in [0.05, 0.1) is 5.41 Å². The van der Waals surface area contributed by atoms with Crippen LogP contribution in [0.1, 0.15) is 62.6 Å². The maximum atomic E-state index is 11.9. The van der Waals surface area contributed by atoms with Crippen molar-refractivity contribution in [2.45, 2.75) is 65.2 Å². The average molecular weight is 286 g/mol. The summed E-state index contributed by atoms with van der Waals surface area (Å²) in [6.07, 6.45) is 7.96. The van der Waals surface area contributed by atoms with Crippen molar-refractivity contribution in [1.29, 1.82) is 0 Å². The van der Waals surface area contributed by atoms with Crippen LogP contribution in [0, 0.1) is 10.8 Å². The lowest BCUT2D eigenvalue weighted by molar-refractivity contribution is -0.152. The maximum Gasteiger partial charge on any atom is 0.309 e. The van der Waals surface area contributed by atoms with Crippen molar-refractivity contribution in [1.82, 2.24) is 0 Å². The van der Waals surface area contributed by atoms with E-state index < -0.39 is 11.4 Å². The molecule has 2 nitrogen and oxygen atoms in total. The number of hydrogen-bond donors (Lipinski definition) is 1. The summed E-state index contributed by atoms with van der Waals surface area (Å²) >= 11 is 0. The number of rotatable bonds is 3. The zero-order valence-corrected chi connectivity index (χ0v) is 13.2. The molecule has 1 aromatic rings. The summed E-state index contributed by atoms with van der Waals surface area (Å²) < 4.78 is 0. The van der Waals surface area contributed by atoms with Crippen LogP contribution >= 0.6 is 0 Å². The van der Waals surface area contributed by atoms with Crippen LogP contribution < -0.4 is 0 Å². The average Bonchev–Trinajstić information content (AvgIpc) is 2.88. The highest BCUT2D eigenvalue weighted by Gasteiger charge is 2.44. The van der Waals surface area contributed by atoms with Crippen molar-refractivity contribution in [3.05, 3.63) is 34.9 Å². The first-order chi connectivity index (χ1) is 9.90. The maximum absolute atomic E-state index is 11.9. The first kappa shape index (κ1) is 14.6. The van der Waals surface area contributed by atoms with Crippen LogP contribution in [0.2, 0.25) is 0 Å². The van der Waals surface area contributed by atoms with Gasteiger partial charge in [-0.05, 0) is 73.5 Å². The lowest BCUT2D eigenvalue weighted by atomic mass is 9.63. The van der Waals surface area contributed by atoms with Crippen molar-refractivity contribution in [2.75, 3.05) is 0 Å². The van der Waals surface area contributed by atoms with Gasteiger partial charge < -0.3 is 5.11 Å². The highest BCUT2D eigenvalue weighted by atomic mass is 16.4. The van der Waals surface area contributed by atoms with E-state index in [2.05, 4.69) is 32.0 Å². The fourth-order valence-corrected chi connectivity index (χ4v) is 4.00. The van der Waals surface area contributed by atoms with Gasteiger partial charge in [-0.1, -0.05) is 32.0 Å². The number of fused-ring (bicyclic) bond motifs is 1. The Hall–Kier alpha value is -1.31. The summed E-state index contributed by atoms with van der Waals surface area (Å²) in [6, 6.07) is 6.65. The second-order valence-corrected chi connectivity index (χ2v) is 7.88. The number of benzene rings is 1. The van der Waals surface area contributed by atoms with E-state index in [4.69, 9.17) is 0 Å². The first-order valence-corrected chi connectivity index (χ1v) is 8.24. The number of hydrogen-bond acceptors (Lipinski definition) is 1. The summed E-state index contributed by atoms with van der Waals surface area (Å²) in [5.74, 6) is -0.599. The smallest absolute Gasteiger partial charge is 0.309 e. The third kappa shape index (κ3) is 2.86. The Balaban J connectivity index is 1.81. The molecule has 1 fully saturated rings. The molecule has 3 rings (SSSR count). The molecule has 0 amide bonds. The quantitative estimate of drug-likeness (QED) is 0.894. The molecule has 1 N–H and O–H groups in total. The summed E-state index contributed by atoms with van der Waals surface area (Å²) in [5.41, 5.74) is 3.90. The standard InChI is InChI=1S/C19H26O2/c1-18(2)8-10-19(11-9-18,17(20)21)13-14-6-7-15-4-3-5-16(15)12-14/h6-7,12H,3-5,8-11,13H2,1-2H3,(H,20,21). The molecule has 0 bridgehead atoms. The van der Waals surface area contributed by atoms with Crippen molar-refractivity contribution in [2.24, 2.45) is 10.8 Å². The fourth-order valence-electron chi connectivity index (χ4n) is 4.00. The lowest BCUT2D eigenvalue weighted by Gasteiger charge is -2.41. The van der Waals surface area contributed by atoms with Gasteiger partial charge in [-0.25, -0.2) is 0 Å². The van der Waals surface area contributed by atoms with E-state index in [1.165, 1.54) is 29.5 Å². The molecule has 0 spiro atoms. The van der Waals surface area contributed by atoms with E-state index in [9.17, 15) is 9.90 Å². The van der Waals surface area contributed by atoms with E-state index >= 15 is 0 Å². The van der Waals surface area contributed by atoms with Gasteiger partial charge in [0.1, 0.15) is 0 Å². The zero-order valence-electron chi connectivity index (χ0n) is 13.2.